The van der Waals surface area contributed by atoms with E-state index in [1.165, 1.54) is 6.07 Å². The Morgan fingerprint density at radius 1 is 1.00 bits per heavy atom. The van der Waals surface area contributed by atoms with Crippen LogP contribution in [0.5, 0.6) is 0 Å². The summed E-state index contributed by atoms with van der Waals surface area (Å²) in [4.78, 5) is 48.6. The number of rotatable bonds is 7. The molecular weight excluding hydrogens is 484 g/mol. The monoisotopic (exact) mass is 496 g/mol. The molecule has 0 spiro atoms. The number of benzene rings is 2. The van der Waals surface area contributed by atoms with Crippen LogP contribution in [0.2, 0.25) is 0 Å². The average molecular weight is 496 g/mol. The van der Waals surface area contributed by atoms with Gasteiger partial charge in [-0.15, -0.1) is 0 Å². The van der Waals surface area contributed by atoms with E-state index in [9.17, 15) is 35.1 Å². The fourth-order valence-corrected chi connectivity index (χ4v) is 4.00. The number of anilines is 1. The topological polar surface area (TPSA) is 188 Å². The zero-order chi connectivity index (χ0) is 25.3. The van der Waals surface area contributed by atoms with Gasteiger partial charge < -0.3 is 4.42 Å². The van der Waals surface area contributed by atoms with E-state index < -0.39 is 37.9 Å². The summed E-state index contributed by atoms with van der Waals surface area (Å²) in [6.07, 6.45) is 1.02. The number of furan rings is 1. The molecule has 0 radical (unpaired) electrons. The summed E-state index contributed by atoms with van der Waals surface area (Å²) in [7, 11) is 0. The maximum atomic E-state index is 13.4. The number of nitro benzene ring substituents is 2. The van der Waals surface area contributed by atoms with E-state index in [0.717, 1.165) is 52.4 Å². The number of aromatic nitrogens is 1. The molecule has 0 aliphatic heterocycles. The number of hydrogen-bond donors (Lipinski definition) is 0. The number of aryl methyl sites for hydroxylation is 1. The van der Waals surface area contributed by atoms with Gasteiger partial charge in [-0.2, -0.15) is 10.1 Å². The Balaban J connectivity index is 1.82. The number of fused-ring (bicyclic) bond motifs is 1. The fraction of sp³-hybridized carbons (Fsp3) is 0.0500. The van der Waals surface area contributed by atoms with Gasteiger partial charge in [0, 0.05) is 12.1 Å². The summed E-state index contributed by atoms with van der Waals surface area (Å²) in [5.74, 6) is -1.56. The lowest BCUT2D eigenvalue weighted by molar-refractivity contribution is -0.402. The largest absolute Gasteiger partial charge is 0.433 e. The number of amides is 1. The Morgan fingerprint density at radius 3 is 2.29 bits per heavy atom. The third kappa shape index (κ3) is 4.83. The summed E-state index contributed by atoms with van der Waals surface area (Å²) in [6.45, 7) is 1.87. The van der Waals surface area contributed by atoms with Gasteiger partial charge in [0.25, 0.3) is 17.3 Å². The minimum atomic E-state index is -0.954. The lowest BCUT2D eigenvalue weighted by Gasteiger charge is -2.13. The summed E-state index contributed by atoms with van der Waals surface area (Å²) in [6, 6.07) is 10.2. The summed E-state index contributed by atoms with van der Waals surface area (Å²) in [5.41, 5.74) is -0.224. The van der Waals surface area contributed by atoms with E-state index in [1.807, 2.05) is 19.1 Å². The van der Waals surface area contributed by atoms with E-state index in [-0.39, 0.29) is 16.5 Å². The van der Waals surface area contributed by atoms with Crippen LogP contribution in [0.15, 0.2) is 58.0 Å². The molecule has 0 N–H and O–H groups in total. The van der Waals surface area contributed by atoms with Crippen molar-refractivity contribution in [1.29, 1.82) is 0 Å². The average Bonchev–Trinajstić information content (AvgIpc) is 3.45. The van der Waals surface area contributed by atoms with Gasteiger partial charge in [0.2, 0.25) is 5.13 Å². The van der Waals surface area contributed by atoms with Crippen molar-refractivity contribution < 1.29 is 24.0 Å². The SMILES string of the molecule is Cc1ccc2nc(N(/N=C/c3ccc([N+](=O)[O-])o3)C(=O)c3cc([N+](=O)[O-])cc([N+](=O)[O-])c3)sc2c1. The van der Waals surface area contributed by atoms with Crippen LogP contribution in [0, 0.1) is 37.3 Å². The molecular formula is C20H12N6O8S. The molecule has 0 aliphatic carbocycles. The van der Waals surface area contributed by atoms with Crippen LogP contribution in [-0.2, 0) is 0 Å². The minimum Gasteiger partial charge on any atom is -0.400 e. The lowest BCUT2D eigenvalue weighted by atomic mass is 10.1. The van der Waals surface area contributed by atoms with Crippen molar-refractivity contribution in [2.24, 2.45) is 5.10 Å². The van der Waals surface area contributed by atoms with Crippen molar-refractivity contribution in [3.8, 4) is 0 Å². The van der Waals surface area contributed by atoms with E-state index in [1.54, 1.807) is 6.07 Å². The molecule has 176 valence electrons. The molecule has 2 aromatic heterocycles. The summed E-state index contributed by atoms with van der Waals surface area (Å²) >= 11 is 1.08. The predicted octanol–water partition coefficient (Wildman–Crippen LogP) is 4.60. The van der Waals surface area contributed by atoms with Gasteiger partial charge in [0.15, 0.2) is 5.76 Å². The number of hydrazone groups is 1. The molecule has 0 unspecified atom stereocenters. The molecule has 0 saturated carbocycles. The second-order valence-electron chi connectivity index (χ2n) is 7.01. The van der Waals surface area contributed by atoms with Crippen molar-refractivity contribution in [3.05, 3.63) is 95.8 Å². The fourth-order valence-electron chi connectivity index (χ4n) is 2.98. The third-order valence-corrected chi connectivity index (χ3v) is 5.56. The first-order valence-electron chi connectivity index (χ1n) is 9.56. The maximum Gasteiger partial charge on any atom is 0.433 e. The van der Waals surface area contributed by atoms with Gasteiger partial charge in [-0.25, -0.2) is 4.98 Å². The van der Waals surface area contributed by atoms with Crippen molar-refractivity contribution >= 4 is 56.1 Å². The first-order chi connectivity index (χ1) is 16.6. The van der Waals surface area contributed by atoms with E-state index >= 15 is 0 Å². The normalized spacial score (nSPS) is 11.1. The summed E-state index contributed by atoms with van der Waals surface area (Å²) < 4.78 is 5.73. The molecule has 15 heteroatoms. The number of thiazole rings is 1. The van der Waals surface area contributed by atoms with Crippen LogP contribution in [0.1, 0.15) is 21.7 Å². The van der Waals surface area contributed by atoms with Crippen LogP contribution in [-0.4, -0.2) is 31.9 Å². The molecule has 14 nitrogen and oxygen atoms in total. The molecule has 35 heavy (non-hydrogen) atoms. The number of carbonyl (C=O) groups is 1. The van der Waals surface area contributed by atoms with Crippen LogP contribution < -0.4 is 5.01 Å². The van der Waals surface area contributed by atoms with Crippen molar-refractivity contribution in [2.45, 2.75) is 6.92 Å². The van der Waals surface area contributed by atoms with Crippen molar-refractivity contribution in [3.63, 3.8) is 0 Å². The maximum absolute atomic E-state index is 13.4. The van der Waals surface area contributed by atoms with E-state index in [2.05, 4.69) is 10.1 Å². The second kappa shape index (κ2) is 9.06. The van der Waals surface area contributed by atoms with Gasteiger partial charge in [0.1, 0.15) is 4.92 Å². The molecule has 4 aromatic rings. The van der Waals surface area contributed by atoms with Gasteiger partial charge in [-0.3, -0.25) is 35.1 Å². The number of carbonyl (C=O) groups excluding carboxylic acids is 1. The zero-order valence-corrected chi connectivity index (χ0v) is 18.4. The van der Waals surface area contributed by atoms with Crippen LogP contribution in [0.4, 0.5) is 22.4 Å². The van der Waals surface area contributed by atoms with Crippen LogP contribution in [0.25, 0.3) is 10.2 Å². The standard InChI is InChI=1S/C20H12N6O8S/c1-11-2-4-16-17(6-11)35-20(22-16)23(21-10-15-3-5-18(34-15)26(32)33)19(27)12-7-13(24(28)29)9-14(8-12)25(30)31/h2-10H,1H3/b21-10+. The Hall–Kier alpha value is -5.05. The van der Waals surface area contributed by atoms with E-state index in [4.69, 9.17) is 4.42 Å². The highest BCUT2D eigenvalue weighted by atomic mass is 32.1. The van der Waals surface area contributed by atoms with Gasteiger partial charge in [0.05, 0.1) is 44.0 Å². The Morgan fingerprint density at radius 2 is 1.69 bits per heavy atom. The highest BCUT2D eigenvalue weighted by Crippen LogP contribution is 2.32. The molecule has 0 saturated heterocycles. The first-order valence-corrected chi connectivity index (χ1v) is 10.4. The second-order valence-corrected chi connectivity index (χ2v) is 8.02. The highest BCUT2D eigenvalue weighted by Gasteiger charge is 2.26. The summed E-state index contributed by atoms with van der Waals surface area (Å²) in [5, 5.41) is 38.2. The minimum absolute atomic E-state index is 0.0575. The van der Waals surface area contributed by atoms with Gasteiger partial charge in [-0.05, 0) is 30.7 Å². The molecule has 0 atom stereocenters. The van der Waals surface area contributed by atoms with Crippen LogP contribution in [0.3, 0.4) is 0 Å². The number of nitrogens with zero attached hydrogens (tertiary/aromatic N) is 6. The number of hydrogen-bond acceptors (Lipinski definition) is 11. The molecule has 2 aromatic carbocycles. The predicted molar refractivity (Wildman–Crippen MR) is 124 cm³/mol. The number of nitro groups is 3. The van der Waals surface area contributed by atoms with Crippen molar-refractivity contribution in [2.75, 3.05) is 5.01 Å². The lowest BCUT2D eigenvalue weighted by Crippen LogP contribution is -2.25. The van der Waals surface area contributed by atoms with E-state index in [0.29, 0.717) is 10.2 Å². The van der Waals surface area contributed by atoms with Crippen LogP contribution >= 0.6 is 11.3 Å². The molecule has 2 heterocycles. The Bertz CT molecular complexity index is 1510. The van der Waals surface area contributed by atoms with Gasteiger partial charge >= 0.3 is 5.88 Å². The third-order valence-electron chi connectivity index (χ3n) is 4.57. The molecule has 0 fully saturated rings. The molecule has 4 rings (SSSR count). The number of non-ortho nitro benzene ring substituents is 2. The Kier molecular flexibility index (Phi) is 5.99. The van der Waals surface area contributed by atoms with Gasteiger partial charge in [-0.1, -0.05) is 17.4 Å². The molecule has 1 amide bonds. The van der Waals surface area contributed by atoms with Crippen molar-refractivity contribution in [1.82, 2.24) is 4.98 Å². The molecule has 0 aliphatic rings. The molecule has 0 bridgehead atoms. The first kappa shape index (κ1) is 23.1. The smallest absolute Gasteiger partial charge is 0.400 e. The highest BCUT2D eigenvalue weighted by molar-refractivity contribution is 7.22. The zero-order valence-electron chi connectivity index (χ0n) is 17.6. The quantitative estimate of drug-likeness (QED) is 0.200. The Labute approximate surface area is 198 Å².